The fourth-order valence-electron chi connectivity index (χ4n) is 6.07. The van der Waals surface area contributed by atoms with Gasteiger partial charge in [0.05, 0.1) is 0 Å². The first kappa shape index (κ1) is 33.2. The highest BCUT2D eigenvalue weighted by Crippen LogP contribution is 2.27. The van der Waals surface area contributed by atoms with Gasteiger partial charge >= 0.3 is 5.97 Å². The van der Waals surface area contributed by atoms with Crippen molar-refractivity contribution in [1.29, 1.82) is 0 Å². The summed E-state index contributed by atoms with van der Waals surface area (Å²) in [6, 6.07) is 10.5. The van der Waals surface area contributed by atoms with E-state index in [0.717, 1.165) is 11.1 Å². The third kappa shape index (κ3) is 7.45. The summed E-state index contributed by atoms with van der Waals surface area (Å²) in [5.74, 6) is -3.76. The lowest BCUT2D eigenvalue weighted by atomic mass is 10.0. The first-order chi connectivity index (χ1) is 22.6. The number of aromatic nitrogens is 1. The predicted octanol–water partition coefficient (Wildman–Crippen LogP) is 1.39. The average Bonchev–Trinajstić information content (AvgIpc) is 3.73. The Hall–Kier alpha value is -5.20. The summed E-state index contributed by atoms with van der Waals surface area (Å²) in [6.45, 7) is 4.88. The number of benzene rings is 2. The van der Waals surface area contributed by atoms with Gasteiger partial charge in [0, 0.05) is 42.0 Å². The highest BCUT2D eigenvalue weighted by molar-refractivity contribution is 5.98. The van der Waals surface area contributed by atoms with Crippen molar-refractivity contribution < 1.29 is 33.5 Å². The molecule has 2 fully saturated rings. The van der Waals surface area contributed by atoms with Crippen molar-refractivity contribution in [3.63, 3.8) is 0 Å². The summed E-state index contributed by atoms with van der Waals surface area (Å²) < 4.78 is 5.82. The van der Waals surface area contributed by atoms with Crippen molar-refractivity contribution in [2.45, 2.75) is 82.8 Å². The predicted molar refractivity (Wildman–Crippen MR) is 171 cm³/mol. The summed E-state index contributed by atoms with van der Waals surface area (Å²) in [7, 11) is 0. The summed E-state index contributed by atoms with van der Waals surface area (Å²) >= 11 is 0. The standard InChI is InChI=1S/C34H40N6O7/c1-4-27(41)38-28-20(3)47-34(46)29(23-18-35-24-14-9-8-13-22(23)24)39-31(43)26-15-10-16-40(26)33(45)19(2)36-30(42)25(37-32(28)44)17-21-11-6-5-7-12-21/h5-9,11-14,18-20,25-26,28-29,35H,4,10,15-17H2,1-3H3,(H,36,42)(H,37,44)(H,38,41)(H,39,43)/t19-,20+,25?,26?,28?,29?/m1/s1. The Balaban J connectivity index is 1.54. The molecule has 13 nitrogen and oxygen atoms in total. The van der Waals surface area contributed by atoms with E-state index in [1.807, 2.05) is 18.2 Å². The molecule has 1 aromatic heterocycles. The lowest BCUT2D eigenvalue weighted by Crippen LogP contribution is -2.60. The lowest BCUT2D eigenvalue weighted by Gasteiger charge is -2.31. The van der Waals surface area contributed by atoms with E-state index in [4.69, 9.17) is 4.74 Å². The third-order valence-electron chi connectivity index (χ3n) is 8.63. The molecule has 248 valence electrons. The molecule has 6 atom stereocenters. The number of fused-ring (bicyclic) bond motifs is 2. The summed E-state index contributed by atoms with van der Waals surface area (Å²) in [4.78, 5) is 85.9. The topological polar surface area (TPSA) is 179 Å². The molecule has 3 aromatic rings. The molecule has 2 saturated heterocycles. The normalized spacial score (nSPS) is 26.2. The van der Waals surface area contributed by atoms with Crippen LogP contribution in [-0.4, -0.2) is 82.2 Å². The average molecular weight is 645 g/mol. The number of carbonyl (C=O) groups is 6. The van der Waals surface area contributed by atoms with Crippen molar-refractivity contribution >= 4 is 46.4 Å². The van der Waals surface area contributed by atoms with Gasteiger partial charge in [-0.05, 0) is 38.3 Å². The Labute approximate surface area is 272 Å². The maximum absolute atomic E-state index is 13.9. The Morgan fingerprint density at radius 1 is 0.915 bits per heavy atom. The maximum atomic E-state index is 13.9. The van der Waals surface area contributed by atoms with Gasteiger partial charge in [-0.2, -0.15) is 0 Å². The van der Waals surface area contributed by atoms with Gasteiger partial charge in [-0.3, -0.25) is 24.0 Å². The van der Waals surface area contributed by atoms with E-state index in [1.54, 1.807) is 49.5 Å². The van der Waals surface area contributed by atoms with Crippen molar-refractivity contribution in [3.05, 3.63) is 71.9 Å². The van der Waals surface area contributed by atoms with Crippen LogP contribution in [0.2, 0.25) is 0 Å². The van der Waals surface area contributed by atoms with Crippen LogP contribution >= 0.6 is 0 Å². The zero-order chi connectivity index (χ0) is 33.7. The molecule has 5 amide bonds. The Morgan fingerprint density at radius 2 is 1.64 bits per heavy atom. The highest BCUT2D eigenvalue weighted by atomic mass is 16.5. The number of rotatable bonds is 5. The number of ether oxygens (including phenoxy) is 1. The molecular formula is C34H40N6O7. The molecule has 0 spiro atoms. The lowest BCUT2D eigenvalue weighted by molar-refractivity contribution is -0.156. The van der Waals surface area contributed by atoms with Gasteiger partial charge < -0.3 is 35.9 Å². The van der Waals surface area contributed by atoms with E-state index in [-0.39, 0.29) is 12.8 Å². The number of amides is 5. The molecule has 5 N–H and O–H groups in total. The van der Waals surface area contributed by atoms with Gasteiger partial charge in [-0.15, -0.1) is 0 Å². The van der Waals surface area contributed by atoms with Crippen LogP contribution in [0.5, 0.6) is 0 Å². The third-order valence-corrected chi connectivity index (χ3v) is 8.63. The van der Waals surface area contributed by atoms with E-state index >= 15 is 0 Å². The molecule has 0 aliphatic carbocycles. The van der Waals surface area contributed by atoms with Crippen molar-refractivity contribution in [1.82, 2.24) is 31.2 Å². The van der Waals surface area contributed by atoms with Crippen LogP contribution in [0.25, 0.3) is 10.9 Å². The fraction of sp³-hybridized carbons (Fsp3) is 0.412. The molecule has 5 rings (SSSR count). The zero-order valence-electron chi connectivity index (χ0n) is 26.6. The number of H-pyrrole nitrogens is 1. The SMILES string of the molecule is CCC(=O)NC1C(=O)NC(Cc2ccccc2)C(=O)N[C@H](C)C(=O)N2CCCC2C(=O)NC(c2c[nH]c3ccccc23)C(=O)O[C@H]1C. The summed E-state index contributed by atoms with van der Waals surface area (Å²) in [5.41, 5.74) is 1.90. The molecule has 47 heavy (non-hydrogen) atoms. The van der Waals surface area contributed by atoms with Crippen LogP contribution in [0.3, 0.4) is 0 Å². The largest absolute Gasteiger partial charge is 0.458 e. The van der Waals surface area contributed by atoms with Gasteiger partial charge in [0.2, 0.25) is 29.5 Å². The van der Waals surface area contributed by atoms with Crippen molar-refractivity contribution in [3.8, 4) is 0 Å². The van der Waals surface area contributed by atoms with Gasteiger partial charge in [0.15, 0.2) is 6.04 Å². The smallest absolute Gasteiger partial charge is 0.333 e. The van der Waals surface area contributed by atoms with Gasteiger partial charge in [0.1, 0.15) is 30.3 Å². The van der Waals surface area contributed by atoms with Gasteiger partial charge in [0.25, 0.3) is 0 Å². The Bertz CT molecular complexity index is 1660. The van der Waals surface area contributed by atoms with E-state index in [2.05, 4.69) is 26.3 Å². The molecule has 4 unspecified atom stereocenters. The minimum atomic E-state index is -1.38. The summed E-state index contributed by atoms with van der Waals surface area (Å²) in [5, 5.41) is 11.5. The molecule has 2 aromatic carbocycles. The van der Waals surface area contributed by atoms with Gasteiger partial charge in [-0.25, -0.2) is 4.79 Å². The molecule has 0 bridgehead atoms. The van der Waals surface area contributed by atoms with Crippen LogP contribution in [0.1, 0.15) is 57.2 Å². The Kier molecular flexibility index (Phi) is 10.2. The fourth-order valence-corrected chi connectivity index (χ4v) is 6.07. The second kappa shape index (κ2) is 14.5. The van der Waals surface area contributed by atoms with Crippen LogP contribution in [-0.2, 0) is 39.9 Å². The van der Waals surface area contributed by atoms with E-state index < -0.39 is 71.8 Å². The number of nitrogens with one attached hydrogen (secondary N) is 5. The Morgan fingerprint density at radius 3 is 2.38 bits per heavy atom. The van der Waals surface area contributed by atoms with E-state index in [1.165, 1.54) is 18.7 Å². The van der Waals surface area contributed by atoms with Crippen LogP contribution in [0.4, 0.5) is 0 Å². The molecule has 3 heterocycles. The molecule has 13 heteroatoms. The number of para-hydroxylation sites is 1. The monoisotopic (exact) mass is 644 g/mol. The first-order valence-corrected chi connectivity index (χ1v) is 15.9. The van der Waals surface area contributed by atoms with Crippen molar-refractivity contribution in [2.24, 2.45) is 0 Å². The molecule has 0 saturated carbocycles. The number of hydrogen-bond donors (Lipinski definition) is 5. The quantitative estimate of drug-likeness (QED) is 0.261. The minimum absolute atomic E-state index is 0.0455. The number of aromatic amines is 1. The number of carbonyl (C=O) groups excluding carboxylic acids is 6. The number of cyclic esters (lactones) is 1. The number of esters is 1. The molecule has 2 aliphatic heterocycles. The highest BCUT2D eigenvalue weighted by Gasteiger charge is 2.41. The second-order valence-corrected chi connectivity index (χ2v) is 11.9. The van der Waals surface area contributed by atoms with Crippen LogP contribution in [0, 0.1) is 0 Å². The van der Waals surface area contributed by atoms with Crippen LogP contribution < -0.4 is 21.3 Å². The minimum Gasteiger partial charge on any atom is -0.458 e. The number of nitrogens with zero attached hydrogens (tertiary/aromatic N) is 1. The second-order valence-electron chi connectivity index (χ2n) is 11.9. The van der Waals surface area contributed by atoms with Crippen LogP contribution in [0.15, 0.2) is 60.8 Å². The van der Waals surface area contributed by atoms with Gasteiger partial charge in [-0.1, -0.05) is 55.5 Å². The molecular weight excluding hydrogens is 604 g/mol. The molecule has 2 aliphatic rings. The first-order valence-electron chi connectivity index (χ1n) is 15.9. The zero-order valence-corrected chi connectivity index (χ0v) is 26.6. The van der Waals surface area contributed by atoms with Crippen molar-refractivity contribution in [2.75, 3.05) is 6.54 Å². The number of hydrogen-bond acceptors (Lipinski definition) is 7. The van der Waals surface area contributed by atoms with E-state index in [0.29, 0.717) is 30.3 Å². The summed E-state index contributed by atoms with van der Waals surface area (Å²) in [6.07, 6.45) is 1.44. The maximum Gasteiger partial charge on any atom is 0.333 e. The van der Waals surface area contributed by atoms with E-state index in [9.17, 15) is 28.8 Å². The molecule has 0 radical (unpaired) electrons.